The number of aliphatic hydroxyl groups is 1. The smallest absolute Gasteiger partial charge is 0.348 e. The average molecular weight is 693 g/mol. The Bertz CT molecular complexity index is 1720. The van der Waals surface area contributed by atoms with Crippen LogP contribution in [0.15, 0.2) is 82.4 Å². The van der Waals surface area contributed by atoms with E-state index in [-0.39, 0.29) is 49.7 Å². The fourth-order valence-electron chi connectivity index (χ4n) is 5.16. The summed E-state index contributed by atoms with van der Waals surface area (Å²) >= 11 is 0. The Labute approximate surface area is 287 Å². The number of aliphatic hydroxyl groups excluding tert-OH is 1. The van der Waals surface area contributed by atoms with Gasteiger partial charge in [0.25, 0.3) is 23.3 Å². The van der Waals surface area contributed by atoms with Crippen LogP contribution in [-0.4, -0.2) is 58.3 Å². The minimum absolute atomic E-state index is 0.0801. The van der Waals surface area contributed by atoms with E-state index in [9.17, 15) is 33.9 Å². The highest BCUT2D eigenvalue weighted by Crippen LogP contribution is 2.45. The predicted octanol–water partition coefficient (Wildman–Crippen LogP) is 4.39. The zero-order valence-corrected chi connectivity index (χ0v) is 28.1. The van der Waals surface area contributed by atoms with E-state index in [1.807, 2.05) is 6.92 Å². The van der Waals surface area contributed by atoms with E-state index in [0.717, 1.165) is 5.57 Å². The van der Waals surface area contributed by atoms with Gasteiger partial charge in [-0.2, -0.15) is 0 Å². The molecule has 2 spiro atoms. The van der Waals surface area contributed by atoms with Crippen LogP contribution in [0.25, 0.3) is 0 Å². The van der Waals surface area contributed by atoms with Gasteiger partial charge in [-0.15, -0.1) is 0 Å². The molecule has 1 saturated carbocycles. The van der Waals surface area contributed by atoms with Crippen molar-refractivity contribution in [1.82, 2.24) is 0 Å². The third-order valence-electron chi connectivity index (χ3n) is 7.86. The molecule has 50 heavy (non-hydrogen) atoms. The zero-order chi connectivity index (χ0) is 36.7. The third-order valence-corrected chi connectivity index (χ3v) is 7.86. The second kappa shape index (κ2) is 15.1. The van der Waals surface area contributed by atoms with Crippen molar-refractivity contribution >= 4 is 35.8 Å². The standard InChI is InChI=1S/C36H36O14/c1-6-8-22(3)9-12-25-30(40)47-35(48-31(25)41)17-19-36(20-18-35)49-32(42)26(33(43)50-36)14-11-23(4)10-13-24-28(38)45-34(5,46-29(24)39)16-15-27(37)44-21-7-2/h6,8-14,38H,15-20H2,1-5H3/b8-6+,13-10+,22-9+,23-11+,25-12?,26-14?. The van der Waals surface area contributed by atoms with Crippen molar-refractivity contribution in [3.05, 3.63) is 82.4 Å². The van der Waals surface area contributed by atoms with Gasteiger partial charge in [0.2, 0.25) is 0 Å². The van der Waals surface area contributed by atoms with Crippen LogP contribution in [0.5, 0.6) is 0 Å². The fraction of sp³-hybridized carbons (Fsp3) is 0.389. The summed E-state index contributed by atoms with van der Waals surface area (Å²) in [6, 6.07) is 0. The van der Waals surface area contributed by atoms with Crippen LogP contribution in [0.3, 0.4) is 0 Å². The Morgan fingerprint density at radius 2 is 1.26 bits per heavy atom. The first-order valence-electron chi connectivity index (χ1n) is 15.6. The molecule has 3 fully saturated rings. The minimum atomic E-state index is -1.64. The van der Waals surface area contributed by atoms with E-state index in [1.54, 1.807) is 32.1 Å². The number of carbonyl (C=O) groups is 6. The van der Waals surface area contributed by atoms with Gasteiger partial charge >= 0.3 is 35.8 Å². The number of esters is 6. The quantitative estimate of drug-likeness (QED) is 0.0942. The van der Waals surface area contributed by atoms with E-state index in [0.29, 0.717) is 5.57 Å². The second-order valence-electron chi connectivity index (χ2n) is 11.9. The first kappa shape index (κ1) is 37.0. The third kappa shape index (κ3) is 8.79. The maximum atomic E-state index is 12.9. The van der Waals surface area contributed by atoms with Crippen molar-refractivity contribution in [2.45, 2.75) is 90.5 Å². The van der Waals surface area contributed by atoms with Crippen molar-refractivity contribution < 1.29 is 67.0 Å². The molecule has 1 atom stereocenters. The average Bonchev–Trinajstić information content (AvgIpc) is 3.03. The molecule has 3 heterocycles. The molecule has 3 aliphatic heterocycles. The molecule has 4 aliphatic rings. The van der Waals surface area contributed by atoms with Crippen molar-refractivity contribution in [1.29, 1.82) is 0 Å². The van der Waals surface area contributed by atoms with Crippen LogP contribution in [0, 0.1) is 12.0 Å². The van der Waals surface area contributed by atoms with Gasteiger partial charge in [0.1, 0.15) is 22.8 Å². The molecule has 0 aromatic carbocycles. The normalized spacial score (nSPS) is 27.3. The molecule has 14 nitrogen and oxygen atoms in total. The van der Waals surface area contributed by atoms with Crippen LogP contribution < -0.4 is 0 Å². The Morgan fingerprint density at radius 3 is 1.70 bits per heavy atom. The molecule has 264 valence electrons. The maximum Gasteiger partial charge on any atom is 0.348 e. The molecule has 0 amide bonds. The van der Waals surface area contributed by atoms with Gasteiger partial charge in [0.05, 0.1) is 6.42 Å². The molecule has 0 aromatic heterocycles. The van der Waals surface area contributed by atoms with Gasteiger partial charge in [-0.3, -0.25) is 4.79 Å². The number of rotatable bonds is 8. The van der Waals surface area contributed by atoms with E-state index in [2.05, 4.69) is 16.8 Å². The monoisotopic (exact) mass is 692 g/mol. The summed E-state index contributed by atoms with van der Waals surface area (Å²) in [5.74, 6) is -8.36. The number of hydrogen-bond donors (Lipinski definition) is 1. The lowest BCUT2D eigenvalue weighted by atomic mass is 9.87. The van der Waals surface area contributed by atoms with Gasteiger partial charge in [-0.1, -0.05) is 47.4 Å². The summed E-state index contributed by atoms with van der Waals surface area (Å²) in [5, 5.41) is 10.4. The van der Waals surface area contributed by atoms with Crippen LogP contribution in [0.2, 0.25) is 0 Å². The summed E-state index contributed by atoms with van der Waals surface area (Å²) in [4.78, 5) is 75.4. The van der Waals surface area contributed by atoms with Crippen molar-refractivity contribution in [3.63, 3.8) is 0 Å². The largest absolute Gasteiger partial charge is 0.480 e. The number of hydrogen-bond acceptors (Lipinski definition) is 14. The number of ether oxygens (including phenoxy) is 7. The molecule has 1 aliphatic carbocycles. The number of carbonyl (C=O) groups excluding carboxylic acids is 6. The van der Waals surface area contributed by atoms with Gasteiger partial charge < -0.3 is 38.3 Å². The highest BCUT2D eigenvalue weighted by molar-refractivity contribution is 6.16. The molecule has 4 rings (SSSR count). The molecule has 1 N–H and O–H groups in total. The molecular formula is C36H36O14. The molecule has 0 aromatic rings. The van der Waals surface area contributed by atoms with E-state index in [1.165, 1.54) is 44.2 Å². The molecule has 14 heteroatoms. The molecule has 2 saturated heterocycles. The maximum absolute atomic E-state index is 12.9. The number of allylic oxidation sites excluding steroid dienone is 9. The Morgan fingerprint density at radius 1 is 0.780 bits per heavy atom. The van der Waals surface area contributed by atoms with Gasteiger partial charge in [0, 0.05) is 46.0 Å². The molecular weight excluding hydrogens is 656 g/mol. The summed E-state index contributed by atoms with van der Waals surface area (Å²) in [6.45, 7) is 8.08. The Balaban J connectivity index is 1.35. The van der Waals surface area contributed by atoms with E-state index >= 15 is 0 Å². The van der Waals surface area contributed by atoms with Gasteiger partial charge in [-0.25, -0.2) is 24.0 Å². The summed E-state index contributed by atoms with van der Waals surface area (Å²) in [6.07, 6.45) is 13.2. The predicted molar refractivity (Wildman–Crippen MR) is 170 cm³/mol. The second-order valence-corrected chi connectivity index (χ2v) is 11.9. The lowest BCUT2D eigenvalue weighted by Gasteiger charge is -2.46. The molecule has 1 unspecified atom stereocenters. The van der Waals surface area contributed by atoms with Crippen LogP contribution in [-0.2, 0) is 61.9 Å². The van der Waals surface area contributed by atoms with Crippen molar-refractivity contribution in [3.8, 4) is 12.0 Å². The topological polar surface area (TPSA) is 187 Å². The van der Waals surface area contributed by atoms with E-state index in [4.69, 9.17) is 28.4 Å². The fourth-order valence-corrected chi connectivity index (χ4v) is 5.16. The Hall–Kier alpha value is -5.84. The van der Waals surface area contributed by atoms with Crippen LogP contribution in [0.1, 0.15) is 73.1 Å². The minimum Gasteiger partial charge on any atom is -0.480 e. The summed E-state index contributed by atoms with van der Waals surface area (Å²) in [5.41, 5.74) is 0.255. The SMILES string of the molecule is CC#COC(=O)CCC1(C)OC(=O)C(/C=C/C(C)=C/C=C2C(=O)OC3(CCC4(CC3)OC(=O)C(=C/C=C(C)/C=C/C)C(=O)O4)OC2=O)=C(O)O1. The van der Waals surface area contributed by atoms with Crippen molar-refractivity contribution in [2.24, 2.45) is 0 Å². The van der Waals surface area contributed by atoms with Gasteiger partial charge in [0.15, 0.2) is 0 Å². The van der Waals surface area contributed by atoms with Crippen molar-refractivity contribution in [2.75, 3.05) is 0 Å². The first-order valence-corrected chi connectivity index (χ1v) is 15.6. The Kier molecular flexibility index (Phi) is 11.2. The summed E-state index contributed by atoms with van der Waals surface area (Å²) in [7, 11) is 0. The van der Waals surface area contributed by atoms with E-state index < -0.39 is 64.7 Å². The molecule has 0 radical (unpaired) electrons. The summed E-state index contributed by atoms with van der Waals surface area (Å²) < 4.78 is 37.3. The van der Waals surface area contributed by atoms with Crippen LogP contribution >= 0.6 is 0 Å². The van der Waals surface area contributed by atoms with Gasteiger partial charge in [-0.05, 0) is 39.0 Å². The lowest BCUT2D eigenvalue weighted by molar-refractivity contribution is -0.291. The van der Waals surface area contributed by atoms with Crippen LogP contribution in [0.4, 0.5) is 0 Å². The highest BCUT2D eigenvalue weighted by Gasteiger charge is 2.56. The number of cyclic esters (lactones) is 1. The molecule has 0 bridgehead atoms. The highest BCUT2D eigenvalue weighted by atomic mass is 16.8. The zero-order valence-electron chi connectivity index (χ0n) is 28.1. The first-order chi connectivity index (χ1) is 23.6. The lowest BCUT2D eigenvalue weighted by Crippen LogP contribution is -2.56.